The van der Waals surface area contributed by atoms with Crippen molar-refractivity contribution < 1.29 is 23.6 Å². The number of benzene rings is 2. The normalized spacial score (nSPS) is 11.8. The summed E-state index contributed by atoms with van der Waals surface area (Å²) in [6, 6.07) is 11.0. The molecule has 10 heteroatoms. The summed E-state index contributed by atoms with van der Waals surface area (Å²) in [7, 11) is 1.68. The van der Waals surface area contributed by atoms with Gasteiger partial charge in [0.25, 0.3) is 0 Å². The van der Waals surface area contributed by atoms with Gasteiger partial charge in [-0.05, 0) is 43.2 Å². The van der Waals surface area contributed by atoms with Gasteiger partial charge in [-0.25, -0.2) is 4.79 Å². The first-order chi connectivity index (χ1) is 15.9. The molecule has 0 spiro atoms. The number of carbonyl (C=O) groups excluding carboxylic acids is 2. The van der Waals surface area contributed by atoms with E-state index in [0.29, 0.717) is 30.3 Å². The van der Waals surface area contributed by atoms with Crippen LogP contribution in [0.25, 0.3) is 0 Å². The minimum absolute atomic E-state index is 0.131. The standard InChI is InChI=1S/C23H25N5O5/c1-14-4-6-17(15(2)10-14)25-23(30)28(3)9-8-20-26-22(33-27-20)21(29)24-12-16-5-7-18-19(11-16)32-13-31-18/h4-7,10-11H,8-9,12-13H2,1-3H3,(H,24,29)(H,25,30). The lowest BCUT2D eigenvalue weighted by atomic mass is 10.1. The van der Waals surface area contributed by atoms with Crippen molar-refractivity contribution in [3.8, 4) is 11.5 Å². The van der Waals surface area contributed by atoms with Gasteiger partial charge in [-0.1, -0.05) is 28.9 Å². The fourth-order valence-corrected chi connectivity index (χ4v) is 3.29. The number of fused-ring (bicyclic) bond motifs is 1. The number of aryl methyl sites for hydroxylation is 2. The number of hydrogen-bond donors (Lipinski definition) is 2. The third-order valence-electron chi connectivity index (χ3n) is 5.19. The summed E-state index contributed by atoms with van der Waals surface area (Å²) < 4.78 is 15.7. The van der Waals surface area contributed by atoms with Crippen molar-refractivity contribution in [2.24, 2.45) is 0 Å². The minimum atomic E-state index is -0.479. The number of rotatable bonds is 7. The maximum Gasteiger partial charge on any atom is 0.321 e. The Hall–Kier alpha value is -4.08. The van der Waals surface area contributed by atoms with E-state index in [0.717, 1.165) is 22.4 Å². The number of nitrogens with zero attached hydrogens (tertiary/aromatic N) is 3. The highest BCUT2D eigenvalue weighted by molar-refractivity contribution is 5.90. The van der Waals surface area contributed by atoms with Crippen LogP contribution in [0.3, 0.4) is 0 Å². The Balaban J connectivity index is 1.25. The molecule has 0 saturated carbocycles. The zero-order chi connectivity index (χ0) is 23.4. The molecule has 0 fully saturated rings. The molecule has 0 aliphatic carbocycles. The summed E-state index contributed by atoms with van der Waals surface area (Å²) in [6.07, 6.45) is 0.343. The second-order valence-electron chi connectivity index (χ2n) is 7.81. The first kappa shape index (κ1) is 22.1. The van der Waals surface area contributed by atoms with Crippen molar-refractivity contribution in [2.75, 3.05) is 25.7 Å². The van der Waals surface area contributed by atoms with Crippen LogP contribution in [0.5, 0.6) is 11.5 Å². The van der Waals surface area contributed by atoms with Crippen molar-refractivity contribution in [1.29, 1.82) is 0 Å². The van der Waals surface area contributed by atoms with Gasteiger partial charge in [-0.15, -0.1) is 0 Å². The molecule has 0 saturated heterocycles. The van der Waals surface area contributed by atoms with E-state index in [1.807, 2.05) is 38.1 Å². The highest BCUT2D eigenvalue weighted by Crippen LogP contribution is 2.32. The number of ether oxygens (including phenoxy) is 2. The van der Waals surface area contributed by atoms with E-state index in [1.54, 1.807) is 19.2 Å². The summed E-state index contributed by atoms with van der Waals surface area (Å²) in [5.41, 5.74) is 3.74. The maximum absolute atomic E-state index is 12.4. The Bertz CT molecular complexity index is 1180. The van der Waals surface area contributed by atoms with Gasteiger partial charge >= 0.3 is 17.8 Å². The Morgan fingerprint density at radius 2 is 1.91 bits per heavy atom. The molecule has 1 aliphatic rings. The SMILES string of the molecule is Cc1ccc(NC(=O)N(C)CCc2noc(C(=O)NCc3ccc4c(c3)OCO4)n2)c(C)c1. The minimum Gasteiger partial charge on any atom is -0.454 e. The lowest BCUT2D eigenvalue weighted by Crippen LogP contribution is -2.33. The molecule has 0 atom stereocenters. The van der Waals surface area contributed by atoms with Crippen LogP contribution in [0.15, 0.2) is 40.9 Å². The quantitative estimate of drug-likeness (QED) is 0.567. The van der Waals surface area contributed by atoms with Gasteiger partial charge in [0.15, 0.2) is 17.3 Å². The molecule has 2 heterocycles. The van der Waals surface area contributed by atoms with Crippen LogP contribution in [-0.2, 0) is 13.0 Å². The summed E-state index contributed by atoms with van der Waals surface area (Å²) in [6.45, 7) is 4.77. The Kier molecular flexibility index (Phi) is 6.43. The first-order valence-corrected chi connectivity index (χ1v) is 10.5. The lowest BCUT2D eigenvalue weighted by Gasteiger charge is -2.18. The Morgan fingerprint density at radius 1 is 1.09 bits per heavy atom. The molecule has 4 rings (SSSR count). The molecule has 2 aromatic carbocycles. The van der Waals surface area contributed by atoms with Crippen molar-refractivity contribution >= 4 is 17.6 Å². The van der Waals surface area contributed by atoms with Crippen molar-refractivity contribution in [1.82, 2.24) is 20.4 Å². The number of anilines is 1. The van der Waals surface area contributed by atoms with Gasteiger partial charge in [0, 0.05) is 32.2 Å². The predicted molar refractivity (Wildman–Crippen MR) is 119 cm³/mol. The van der Waals surface area contributed by atoms with Crippen LogP contribution >= 0.6 is 0 Å². The van der Waals surface area contributed by atoms with Crippen molar-refractivity contribution in [3.05, 3.63) is 64.8 Å². The summed E-state index contributed by atoms with van der Waals surface area (Å²) in [5, 5.41) is 9.46. The van der Waals surface area contributed by atoms with E-state index in [1.165, 1.54) is 4.90 Å². The molecule has 33 heavy (non-hydrogen) atoms. The van der Waals surface area contributed by atoms with Crippen LogP contribution in [0.4, 0.5) is 10.5 Å². The largest absolute Gasteiger partial charge is 0.454 e. The number of urea groups is 1. The Morgan fingerprint density at radius 3 is 2.73 bits per heavy atom. The molecule has 3 amide bonds. The fourth-order valence-electron chi connectivity index (χ4n) is 3.29. The summed E-state index contributed by atoms with van der Waals surface area (Å²) >= 11 is 0. The molecule has 2 N–H and O–H groups in total. The predicted octanol–water partition coefficient (Wildman–Crippen LogP) is 3.05. The number of carbonyl (C=O) groups is 2. The van der Waals surface area contributed by atoms with Crippen molar-refractivity contribution in [3.63, 3.8) is 0 Å². The molecule has 0 radical (unpaired) electrons. The molecule has 1 aliphatic heterocycles. The number of nitrogens with one attached hydrogen (secondary N) is 2. The van der Waals surface area contributed by atoms with Gasteiger partial charge in [-0.3, -0.25) is 4.79 Å². The number of hydrogen-bond acceptors (Lipinski definition) is 7. The lowest BCUT2D eigenvalue weighted by molar-refractivity contribution is 0.0907. The molecular weight excluding hydrogens is 426 g/mol. The molecule has 3 aromatic rings. The van der Waals surface area contributed by atoms with E-state index < -0.39 is 5.91 Å². The van der Waals surface area contributed by atoms with E-state index in [4.69, 9.17) is 14.0 Å². The topological polar surface area (TPSA) is 119 Å². The molecular formula is C23H25N5O5. The van der Waals surface area contributed by atoms with Gasteiger partial charge in [-0.2, -0.15) is 4.98 Å². The zero-order valence-electron chi connectivity index (χ0n) is 18.7. The summed E-state index contributed by atoms with van der Waals surface area (Å²) in [4.78, 5) is 30.4. The van der Waals surface area contributed by atoms with Crippen LogP contribution < -0.4 is 20.1 Å². The smallest absolute Gasteiger partial charge is 0.321 e. The highest BCUT2D eigenvalue weighted by Gasteiger charge is 2.18. The van der Waals surface area contributed by atoms with E-state index in [-0.39, 0.29) is 25.3 Å². The average molecular weight is 451 g/mol. The van der Waals surface area contributed by atoms with Crippen LogP contribution in [0, 0.1) is 13.8 Å². The number of aromatic nitrogens is 2. The number of likely N-dealkylation sites (N-methyl/N-ethyl adjacent to an activating group) is 1. The van der Waals surface area contributed by atoms with Crippen LogP contribution in [-0.4, -0.2) is 47.4 Å². The monoisotopic (exact) mass is 451 g/mol. The molecule has 0 bridgehead atoms. The highest BCUT2D eigenvalue weighted by atomic mass is 16.7. The average Bonchev–Trinajstić information content (AvgIpc) is 3.46. The molecule has 10 nitrogen and oxygen atoms in total. The summed E-state index contributed by atoms with van der Waals surface area (Å²) in [5.74, 6) is 1.06. The van der Waals surface area contributed by atoms with Gasteiger partial charge in [0.1, 0.15) is 0 Å². The first-order valence-electron chi connectivity index (χ1n) is 10.5. The van der Waals surface area contributed by atoms with Gasteiger partial charge < -0.3 is 29.5 Å². The number of amides is 3. The second kappa shape index (κ2) is 9.60. The third-order valence-corrected chi connectivity index (χ3v) is 5.19. The third kappa shape index (κ3) is 5.40. The van der Waals surface area contributed by atoms with E-state index in [9.17, 15) is 9.59 Å². The fraction of sp³-hybridized carbons (Fsp3) is 0.304. The molecule has 1 aromatic heterocycles. The molecule has 172 valence electrons. The van der Waals surface area contributed by atoms with E-state index in [2.05, 4.69) is 20.8 Å². The van der Waals surface area contributed by atoms with E-state index >= 15 is 0 Å². The van der Waals surface area contributed by atoms with Crippen molar-refractivity contribution in [2.45, 2.75) is 26.8 Å². The maximum atomic E-state index is 12.4. The van der Waals surface area contributed by atoms with Gasteiger partial charge in [0.2, 0.25) is 6.79 Å². The molecule has 0 unspecified atom stereocenters. The van der Waals surface area contributed by atoms with Crippen LogP contribution in [0.2, 0.25) is 0 Å². The zero-order valence-corrected chi connectivity index (χ0v) is 18.7. The Labute approximate surface area is 190 Å². The van der Waals surface area contributed by atoms with Crippen LogP contribution in [0.1, 0.15) is 33.2 Å². The second-order valence-corrected chi connectivity index (χ2v) is 7.81. The van der Waals surface area contributed by atoms with Gasteiger partial charge in [0.05, 0.1) is 0 Å².